The van der Waals surface area contributed by atoms with E-state index in [0.29, 0.717) is 17.6 Å². The average molecular weight is 463 g/mol. The highest BCUT2D eigenvalue weighted by atomic mass is 32.2. The molecule has 0 aromatic carbocycles. The van der Waals surface area contributed by atoms with E-state index < -0.39 is 11.3 Å². The third-order valence-electron chi connectivity index (χ3n) is 5.73. The van der Waals surface area contributed by atoms with Gasteiger partial charge < -0.3 is 5.32 Å². The molecule has 2 aliphatic rings. The van der Waals surface area contributed by atoms with Crippen molar-refractivity contribution < 1.29 is 9.59 Å². The lowest BCUT2D eigenvalue weighted by molar-refractivity contribution is -0.119. The molecule has 2 aromatic heterocycles. The van der Waals surface area contributed by atoms with Crippen LogP contribution in [0.2, 0.25) is 0 Å². The molecule has 1 fully saturated rings. The number of imide groups is 1. The number of hydrogen-bond acceptors (Lipinski definition) is 6. The number of rotatable bonds is 6. The summed E-state index contributed by atoms with van der Waals surface area (Å²) in [5.41, 5.74) is 1.17. The average Bonchev–Trinajstić information content (AvgIpc) is 3.42. The number of carbonyl (C=O) groups excluding carboxylic acids is 2. The van der Waals surface area contributed by atoms with Crippen molar-refractivity contribution in [1.29, 1.82) is 0 Å². The van der Waals surface area contributed by atoms with E-state index >= 15 is 0 Å². The summed E-state index contributed by atoms with van der Waals surface area (Å²) < 4.78 is 1.72. The molecule has 2 atom stereocenters. The van der Waals surface area contributed by atoms with Gasteiger partial charge in [-0.25, -0.2) is 9.78 Å². The molecule has 2 aliphatic carbocycles. The molecule has 4 rings (SSSR count). The van der Waals surface area contributed by atoms with Crippen molar-refractivity contribution in [2.45, 2.75) is 82.8 Å². The zero-order valence-electron chi connectivity index (χ0n) is 18.5. The predicted octanol–water partition coefficient (Wildman–Crippen LogP) is 3.71. The van der Waals surface area contributed by atoms with Gasteiger partial charge in [0.2, 0.25) is 5.91 Å². The maximum Gasteiger partial charge on any atom is 0.321 e. The normalized spacial score (nSPS) is 19.3. The van der Waals surface area contributed by atoms with E-state index in [-0.39, 0.29) is 23.4 Å². The molecule has 2 aromatic rings. The van der Waals surface area contributed by atoms with Crippen LogP contribution in [0.4, 0.5) is 4.79 Å². The lowest BCUT2D eigenvalue weighted by atomic mass is 9.89. The van der Waals surface area contributed by atoms with Gasteiger partial charge in [-0.05, 0) is 56.4 Å². The first-order valence-corrected chi connectivity index (χ1v) is 12.8. The molecule has 0 spiro atoms. The van der Waals surface area contributed by atoms with Crippen LogP contribution < -0.4 is 16.2 Å². The number of aryl methyl sites for hydroxylation is 1. The van der Waals surface area contributed by atoms with Crippen LogP contribution in [0.15, 0.2) is 9.95 Å². The third kappa shape index (κ3) is 4.98. The maximum absolute atomic E-state index is 13.5. The fourth-order valence-corrected chi connectivity index (χ4v) is 6.24. The third-order valence-corrected chi connectivity index (χ3v) is 7.97. The van der Waals surface area contributed by atoms with Gasteiger partial charge in [0.15, 0.2) is 5.16 Å². The first kappa shape index (κ1) is 22.3. The number of fused-ring (bicyclic) bond motifs is 3. The van der Waals surface area contributed by atoms with Crippen molar-refractivity contribution in [3.05, 3.63) is 20.8 Å². The van der Waals surface area contributed by atoms with Gasteiger partial charge in [-0.2, -0.15) is 0 Å². The monoisotopic (exact) mass is 462 g/mol. The molecule has 9 heteroatoms. The summed E-state index contributed by atoms with van der Waals surface area (Å²) in [5, 5.41) is 5.91. The number of aromatic nitrogens is 2. The van der Waals surface area contributed by atoms with Crippen molar-refractivity contribution >= 4 is 45.3 Å². The smallest absolute Gasteiger partial charge is 0.321 e. The van der Waals surface area contributed by atoms with E-state index in [0.717, 1.165) is 42.3 Å². The Balaban J connectivity index is 1.63. The second-order valence-corrected chi connectivity index (χ2v) is 11.6. The van der Waals surface area contributed by atoms with Gasteiger partial charge in [0.1, 0.15) is 4.83 Å². The van der Waals surface area contributed by atoms with Gasteiger partial charge in [0, 0.05) is 17.5 Å². The molecule has 0 radical (unpaired) electrons. The van der Waals surface area contributed by atoms with Crippen molar-refractivity contribution in [2.24, 2.45) is 11.8 Å². The summed E-state index contributed by atoms with van der Waals surface area (Å²) in [7, 11) is 0. The van der Waals surface area contributed by atoms with Crippen molar-refractivity contribution in [1.82, 2.24) is 20.2 Å². The molecule has 0 saturated heterocycles. The highest BCUT2D eigenvalue weighted by molar-refractivity contribution is 8.00. The Bertz CT molecular complexity index is 1070. The Labute approximate surface area is 190 Å². The Hall–Kier alpha value is -1.87. The second kappa shape index (κ2) is 8.94. The van der Waals surface area contributed by atoms with Gasteiger partial charge in [-0.3, -0.25) is 19.5 Å². The summed E-state index contributed by atoms with van der Waals surface area (Å²) >= 11 is 2.86. The number of carbonyl (C=O) groups is 2. The minimum Gasteiger partial charge on any atom is -0.335 e. The van der Waals surface area contributed by atoms with Gasteiger partial charge in [-0.15, -0.1) is 11.3 Å². The van der Waals surface area contributed by atoms with Crippen molar-refractivity contribution in [3.63, 3.8) is 0 Å². The number of hydrogen-bond donors (Lipinski definition) is 2. The van der Waals surface area contributed by atoms with Crippen LogP contribution in [-0.2, 0) is 24.2 Å². The fourth-order valence-electron chi connectivity index (χ4n) is 3.90. The van der Waals surface area contributed by atoms with Crippen LogP contribution in [0.25, 0.3) is 10.2 Å². The van der Waals surface area contributed by atoms with E-state index in [2.05, 4.69) is 31.4 Å². The highest BCUT2D eigenvalue weighted by Crippen LogP contribution is 2.37. The van der Waals surface area contributed by atoms with Crippen LogP contribution in [0.3, 0.4) is 0 Å². The number of thioether (sulfide) groups is 1. The number of amides is 3. The standard InChI is InChI=1S/C22H30N4O3S2/c1-11(2)10-26-20(28)17-15-8-5-12(3)9-16(15)31-19(17)25-22(26)30-13(4)18(27)24-21(29)23-14-6-7-14/h11-14H,5-10H2,1-4H3,(H2,23,24,27,29)/t12-,13+/m0/s1. The first-order chi connectivity index (χ1) is 14.7. The fraction of sp³-hybridized carbons (Fsp3) is 0.636. The number of nitrogens with zero attached hydrogens (tertiary/aromatic N) is 2. The number of urea groups is 1. The molecular formula is C22H30N4O3S2. The zero-order chi connectivity index (χ0) is 22.3. The van der Waals surface area contributed by atoms with E-state index in [1.54, 1.807) is 22.8 Å². The summed E-state index contributed by atoms with van der Waals surface area (Å²) in [5.74, 6) is 0.505. The van der Waals surface area contributed by atoms with E-state index in [9.17, 15) is 14.4 Å². The summed E-state index contributed by atoms with van der Waals surface area (Å²) in [6.07, 6.45) is 4.94. The van der Waals surface area contributed by atoms with Crippen LogP contribution in [0, 0.1) is 11.8 Å². The molecule has 0 bridgehead atoms. The van der Waals surface area contributed by atoms with Gasteiger partial charge in [0.25, 0.3) is 5.56 Å². The second-order valence-electron chi connectivity index (χ2n) is 9.23. The Morgan fingerprint density at radius 2 is 2.00 bits per heavy atom. The molecule has 2 heterocycles. The lowest BCUT2D eigenvalue weighted by Gasteiger charge is -2.18. The van der Waals surface area contributed by atoms with Gasteiger partial charge in [-0.1, -0.05) is 32.5 Å². The molecule has 3 amide bonds. The molecule has 7 nitrogen and oxygen atoms in total. The minimum absolute atomic E-state index is 0.00709. The van der Waals surface area contributed by atoms with Crippen LogP contribution in [0.5, 0.6) is 0 Å². The van der Waals surface area contributed by atoms with Crippen molar-refractivity contribution in [2.75, 3.05) is 0 Å². The lowest BCUT2D eigenvalue weighted by Crippen LogP contribution is -2.43. The Kier molecular flexibility index (Phi) is 6.44. The van der Waals surface area contributed by atoms with E-state index in [1.807, 2.05) is 0 Å². The first-order valence-electron chi connectivity index (χ1n) is 11.1. The highest BCUT2D eigenvalue weighted by Gasteiger charge is 2.28. The van der Waals surface area contributed by atoms with Gasteiger partial charge in [0.05, 0.1) is 10.6 Å². The van der Waals surface area contributed by atoms with Crippen molar-refractivity contribution in [3.8, 4) is 0 Å². The van der Waals surface area contributed by atoms with E-state index in [1.165, 1.54) is 22.2 Å². The summed E-state index contributed by atoms with van der Waals surface area (Å²) in [6, 6.07) is -0.272. The van der Waals surface area contributed by atoms with E-state index in [4.69, 9.17) is 4.98 Å². The Morgan fingerprint density at radius 1 is 1.26 bits per heavy atom. The topological polar surface area (TPSA) is 93.1 Å². The number of nitrogens with one attached hydrogen (secondary N) is 2. The largest absolute Gasteiger partial charge is 0.335 e. The molecule has 31 heavy (non-hydrogen) atoms. The molecule has 1 saturated carbocycles. The molecular weight excluding hydrogens is 432 g/mol. The SMILES string of the molecule is CC(C)Cn1c(S[C@H](C)C(=O)NC(=O)NC2CC2)nc2sc3c(c2c1=O)CC[C@H](C)C3. The summed E-state index contributed by atoms with van der Waals surface area (Å²) in [4.78, 5) is 44.8. The predicted molar refractivity (Wildman–Crippen MR) is 125 cm³/mol. The molecule has 0 aliphatic heterocycles. The number of thiophene rings is 1. The Morgan fingerprint density at radius 3 is 2.68 bits per heavy atom. The molecule has 0 unspecified atom stereocenters. The minimum atomic E-state index is -0.553. The van der Waals surface area contributed by atoms with Crippen LogP contribution in [0.1, 0.15) is 57.4 Å². The molecule has 168 valence electrons. The quantitative estimate of drug-likeness (QED) is 0.504. The summed E-state index contributed by atoms with van der Waals surface area (Å²) in [6.45, 7) is 8.66. The zero-order valence-corrected chi connectivity index (χ0v) is 20.1. The molecule has 2 N–H and O–H groups in total. The van der Waals surface area contributed by atoms with Crippen LogP contribution >= 0.6 is 23.1 Å². The van der Waals surface area contributed by atoms with Crippen LogP contribution in [-0.4, -0.2) is 32.8 Å². The maximum atomic E-state index is 13.5. The van der Waals surface area contributed by atoms with Gasteiger partial charge >= 0.3 is 6.03 Å².